The van der Waals surface area contributed by atoms with Crippen molar-refractivity contribution in [3.8, 4) is 22.9 Å². The fourth-order valence-electron chi connectivity index (χ4n) is 4.08. The van der Waals surface area contributed by atoms with Gasteiger partial charge in [-0.2, -0.15) is 4.98 Å². The van der Waals surface area contributed by atoms with Crippen LogP contribution in [0.15, 0.2) is 53.1 Å². The average Bonchev–Trinajstić information content (AvgIpc) is 3.33. The van der Waals surface area contributed by atoms with Gasteiger partial charge in [-0.1, -0.05) is 41.6 Å². The highest BCUT2D eigenvalue weighted by Crippen LogP contribution is 2.27. The number of aromatic nitrogens is 2. The van der Waals surface area contributed by atoms with Gasteiger partial charge in [0.05, 0.1) is 20.8 Å². The van der Waals surface area contributed by atoms with Crippen LogP contribution >= 0.6 is 0 Å². The van der Waals surface area contributed by atoms with Crippen LogP contribution in [-0.2, 0) is 17.8 Å². The molecule has 1 aliphatic rings. The second-order valence-corrected chi connectivity index (χ2v) is 8.16. The highest BCUT2D eigenvalue weighted by atomic mass is 16.5. The Morgan fingerprint density at radius 1 is 1.09 bits per heavy atom. The van der Waals surface area contributed by atoms with E-state index in [9.17, 15) is 4.79 Å². The number of piperidine rings is 1. The molecule has 0 aliphatic carbocycles. The second kappa shape index (κ2) is 11.0. The standard InChI is InChI=1S/C25H30N4O4/c1-31-21-9-8-18(16-22(21)32-2)10-13-26-25(30)20-11-14-29(15-12-20)17-23-27-24(28-33-23)19-6-4-3-5-7-19/h3-9,16,20H,10-15,17H2,1-2H3,(H,26,30). The number of likely N-dealkylation sites (tertiary alicyclic amines) is 1. The molecule has 0 radical (unpaired) electrons. The summed E-state index contributed by atoms with van der Waals surface area (Å²) in [5.74, 6) is 2.77. The van der Waals surface area contributed by atoms with Gasteiger partial charge in [-0.15, -0.1) is 0 Å². The molecule has 8 nitrogen and oxygen atoms in total. The molecule has 0 bridgehead atoms. The number of carbonyl (C=O) groups excluding carboxylic acids is 1. The van der Waals surface area contributed by atoms with Gasteiger partial charge in [0.25, 0.3) is 0 Å². The lowest BCUT2D eigenvalue weighted by Crippen LogP contribution is -2.40. The smallest absolute Gasteiger partial charge is 0.241 e. The van der Waals surface area contributed by atoms with Gasteiger partial charge in [-0.3, -0.25) is 9.69 Å². The number of carbonyl (C=O) groups is 1. The minimum Gasteiger partial charge on any atom is -0.493 e. The summed E-state index contributed by atoms with van der Waals surface area (Å²) in [7, 11) is 3.24. The first-order chi connectivity index (χ1) is 16.2. The van der Waals surface area contributed by atoms with Crippen molar-refractivity contribution in [3.05, 3.63) is 60.0 Å². The topological polar surface area (TPSA) is 89.7 Å². The van der Waals surface area contributed by atoms with Crippen molar-refractivity contribution in [1.82, 2.24) is 20.4 Å². The summed E-state index contributed by atoms with van der Waals surface area (Å²) < 4.78 is 16.0. The predicted molar refractivity (Wildman–Crippen MR) is 124 cm³/mol. The van der Waals surface area contributed by atoms with Gasteiger partial charge < -0.3 is 19.3 Å². The van der Waals surface area contributed by atoms with Crippen molar-refractivity contribution in [2.24, 2.45) is 5.92 Å². The van der Waals surface area contributed by atoms with Crippen LogP contribution < -0.4 is 14.8 Å². The number of hydrogen-bond donors (Lipinski definition) is 1. The van der Waals surface area contributed by atoms with Crippen molar-refractivity contribution in [1.29, 1.82) is 0 Å². The Kier molecular flexibility index (Phi) is 7.57. The molecule has 0 atom stereocenters. The minimum atomic E-state index is 0.0363. The normalized spacial score (nSPS) is 14.7. The number of rotatable bonds is 9. The van der Waals surface area contributed by atoms with Crippen LogP contribution in [0.1, 0.15) is 24.3 Å². The Morgan fingerprint density at radius 3 is 2.58 bits per heavy atom. The van der Waals surface area contributed by atoms with Gasteiger partial charge in [-0.25, -0.2) is 0 Å². The molecule has 2 heterocycles. The molecule has 0 saturated carbocycles. The maximum atomic E-state index is 12.6. The van der Waals surface area contributed by atoms with E-state index in [4.69, 9.17) is 14.0 Å². The maximum Gasteiger partial charge on any atom is 0.241 e. The van der Waals surface area contributed by atoms with E-state index in [0.29, 0.717) is 36.3 Å². The second-order valence-electron chi connectivity index (χ2n) is 8.16. The number of benzene rings is 2. The van der Waals surface area contributed by atoms with Crippen LogP contribution in [0.4, 0.5) is 0 Å². The molecular formula is C25H30N4O4. The van der Waals surface area contributed by atoms with E-state index in [1.54, 1.807) is 14.2 Å². The zero-order valence-corrected chi connectivity index (χ0v) is 19.1. The largest absolute Gasteiger partial charge is 0.493 e. The zero-order chi connectivity index (χ0) is 23.0. The number of amides is 1. The lowest BCUT2D eigenvalue weighted by Gasteiger charge is -2.30. The summed E-state index contributed by atoms with van der Waals surface area (Å²) in [6.45, 7) is 2.86. The zero-order valence-electron chi connectivity index (χ0n) is 19.1. The van der Waals surface area contributed by atoms with Gasteiger partial charge in [-0.05, 0) is 50.0 Å². The molecule has 0 spiro atoms. The Morgan fingerprint density at radius 2 is 1.85 bits per heavy atom. The third-order valence-corrected chi connectivity index (χ3v) is 5.98. The van der Waals surface area contributed by atoms with E-state index in [0.717, 1.165) is 43.5 Å². The molecule has 174 valence electrons. The molecule has 1 aromatic heterocycles. The first-order valence-electron chi connectivity index (χ1n) is 11.2. The summed E-state index contributed by atoms with van der Waals surface area (Å²) in [5, 5.41) is 7.17. The van der Waals surface area contributed by atoms with Gasteiger partial charge >= 0.3 is 0 Å². The van der Waals surface area contributed by atoms with E-state index in [1.807, 2.05) is 48.5 Å². The summed E-state index contributed by atoms with van der Waals surface area (Å²) in [5.41, 5.74) is 2.04. The van der Waals surface area contributed by atoms with Crippen molar-refractivity contribution < 1.29 is 18.8 Å². The molecule has 3 aromatic rings. The molecule has 2 aromatic carbocycles. The summed E-state index contributed by atoms with van der Waals surface area (Å²) in [6.07, 6.45) is 2.38. The number of hydrogen-bond acceptors (Lipinski definition) is 7. The van der Waals surface area contributed by atoms with Gasteiger partial charge in [0.15, 0.2) is 11.5 Å². The summed E-state index contributed by atoms with van der Waals surface area (Å²) in [6, 6.07) is 15.6. The van der Waals surface area contributed by atoms with Crippen LogP contribution in [-0.4, -0.2) is 54.8 Å². The Bertz CT molecular complexity index is 1050. The van der Waals surface area contributed by atoms with Crippen LogP contribution in [0, 0.1) is 5.92 Å². The first kappa shape index (κ1) is 22.8. The Balaban J connectivity index is 1.20. The van der Waals surface area contributed by atoms with Gasteiger partial charge in [0.1, 0.15) is 0 Å². The molecule has 33 heavy (non-hydrogen) atoms. The summed E-state index contributed by atoms with van der Waals surface area (Å²) >= 11 is 0. The van der Waals surface area contributed by atoms with E-state index in [-0.39, 0.29) is 11.8 Å². The van der Waals surface area contributed by atoms with Crippen LogP contribution in [0.25, 0.3) is 11.4 Å². The van der Waals surface area contributed by atoms with E-state index in [1.165, 1.54) is 0 Å². The molecule has 8 heteroatoms. The average molecular weight is 451 g/mol. The van der Waals surface area contributed by atoms with Crippen molar-refractivity contribution in [3.63, 3.8) is 0 Å². The fourth-order valence-corrected chi connectivity index (χ4v) is 4.08. The maximum absolute atomic E-state index is 12.6. The molecule has 1 N–H and O–H groups in total. The molecule has 0 unspecified atom stereocenters. The Labute approximate surface area is 193 Å². The number of nitrogens with zero attached hydrogens (tertiary/aromatic N) is 3. The lowest BCUT2D eigenvalue weighted by molar-refractivity contribution is -0.126. The summed E-state index contributed by atoms with van der Waals surface area (Å²) in [4.78, 5) is 19.4. The van der Waals surface area contributed by atoms with E-state index in [2.05, 4.69) is 20.4 Å². The number of nitrogens with one attached hydrogen (secondary N) is 1. The number of methoxy groups -OCH3 is 2. The van der Waals surface area contributed by atoms with Gasteiger partial charge in [0.2, 0.25) is 17.6 Å². The van der Waals surface area contributed by atoms with Crippen LogP contribution in [0.3, 0.4) is 0 Å². The molecule has 4 rings (SSSR count). The lowest BCUT2D eigenvalue weighted by atomic mass is 9.96. The van der Waals surface area contributed by atoms with E-state index >= 15 is 0 Å². The monoisotopic (exact) mass is 450 g/mol. The van der Waals surface area contributed by atoms with E-state index < -0.39 is 0 Å². The number of ether oxygens (including phenoxy) is 2. The third-order valence-electron chi connectivity index (χ3n) is 5.98. The SMILES string of the molecule is COc1ccc(CCNC(=O)C2CCN(Cc3nc(-c4ccccc4)no3)CC2)cc1OC. The molecule has 1 amide bonds. The highest BCUT2D eigenvalue weighted by Gasteiger charge is 2.25. The van der Waals surface area contributed by atoms with Crippen molar-refractivity contribution >= 4 is 5.91 Å². The van der Waals surface area contributed by atoms with Crippen molar-refractivity contribution in [2.75, 3.05) is 33.9 Å². The van der Waals surface area contributed by atoms with Crippen molar-refractivity contribution in [2.45, 2.75) is 25.8 Å². The molecular weight excluding hydrogens is 420 g/mol. The first-order valence-corrected chi connectivity index (χ1v) is 11.2. The van der Waals surface area contributed by atoms with Crippen LogP contribution in [0.2, 0.25) is 0 Å². The fraction of sp³-hybridized carbons (Fsp3) is 0.400. The predicted octanol–water partition coefficient (Wildman–Crippen LogP) is 3.32. The molecule has 1 aliphatic heterocycles. The van der Waals surface area contributed by atoms with Gasteiger partial charge in [0, 0.05) is 18.0 Å². The minimum absolute atomic E-state index is 0.0363. The van der Waals surface area contributed by atoms with Crippen LogP contribution in [0.5, 0.6) is 11.5 Å². The third kappa shape index (κ3) is 5.90. The quantitative estimate of drug-likeness (QED) is 0.535. The molecule has 1 saturated heterocycles. The highest BCUT2D eigenvalue weighted by molar-refractivity contribution is 5.78. The Hall–Kier alpha value is -3.39. The molecule has 1 fully saturated rings.